The lowest BCUT2D eigenvalue weighted by atomic mass is 9.81. The van der Waals surface area contributed by atoms with E-state index in [1.807, 2.05) is 24.3 Å². The van der Waals surface area contributed by atoms with Crippen LogP contribution in [0.3, 0.4) is 0 Å². The van der Waals surface area contributed by atoms with Gasteiger partial charge in [0.1, 0.15) is 18.7 Å². The zero-order chi connectivity index (χ0) is 16.9. The summed E-state index contributed by atoms with van der Waals surface area (Å²) in [5, 5.41) is 0. The van der Waals surface area contributed by atoms with E-state index in [2.05, 4.69) is 19.9 Å². The second kappa shape index (κ2) is 5.01. The number of hydrogen-bond donors (Lipinski definition) is 1. The lowest BCUT2D eigenvalue weighted by Gasteiger charge is -2.33. The van der Waals surface area contributed by atoms with E-state index in [0.717, 1.165) is 22.3 Å². The van der Waals surface area contributed by atoms with Crippen LogP contribution in [0, 0.1) is 0 Å². The number of nitrogens with zero attached hydrogens (tertiary/aromatic N) is 4. The summed E-state index contributed by atoms with van der Waals surface area (Å²) in [6, 6.07) is 7.98. The first-order valence-corrected chi connectivity index (χ1v) is 7.77. The molecule has 0 saturated heterocycles. The van der Waals surface area contributed by atoms with Gasteiger partial charge in [-0.25, -0.2) is 15.0 Å². The van der Waals surface area contributed by atoms with E-state index in [0.29, 0.717) is 18.1 Å². The molecule has 7 nitrogen and oxygen atoms in total. The molecule has 1 unspecified atom stereocenters. The molecule has 0 aliphatic carbocycles. The normalized spacial score (nSPS) is 20.2. The standard InChI is InChI=1S/C18H13N5O2/c19-17-23-18(9-24-17)13-3-4-20-8-16(13)25-15-2-1-11(5-14(15)18)12-6-21-10-22-7-12/h1-8,10H,9H2,(H2,19,23). The molecule has 0 fully saturated rings. The third-order valence-electron chi connectivity index (χ3n) is 4.50. The van der Waals surface area contributed by atoms with Crippen LogP contribution in [0.5, 0.6) is 11.5 Å². The Kier molecular flexibility index (Phi) is 2.79. The van der Waals surface area contributed by atoms with Crippen LogP contribution in [-0.2, 0) is 10.3 Å². The van der Waals surface area contributed by atoms with E-state index in [1.54, 1.807) is 24.8 Å². The Balaban J connectivity index is 1.75. The van der Waals surface area contributed by atoms with Crippen LogP contribution in [0.25, 0.3) is 11.1 Å². The molecule has 0 amide bonds. The summed E-state index contributed by atoms with van der Waals surface area (Å²) in [5.74, 6) is 1.37. The highest BCUT2D eigenvalue weighted by Gasteiger charge is 2.47. The van der Waals surface area contributed by atoms with Crippen LogP contribution in [0.4, 0.5) is 0 Å². The van der Waals surface area contributed by atoms with E-state index < -0.39 is 5.54 Å². The van der Waals surface area contributed by atoms with Crippen molar-refractivity contribution in [3.63, 3.8) is 0 Å². The highest BCUT2D eigenvalue weighted by atomic mass is 16.5. The van der Waals surface area contributed by atoms with Gasteiger partial charge in [0.15, 0.2) is 11.3 Å². The fourth-order valence-electron chi connectivity index (χ4n) is 3.34. The summed E-state index contributed by atoms with van der Waals surface area (Å²) in [4.78, 5) is 17.0. The summed E-state index contributed by atoms with van der Waals surface area (Å²) in [5.41, 5.74) is 8.79. The van der Waals surface area contributed by atoms with Crippen LogP contribution >= 0.6 is 0 Å². The monoisotopic (exact) mass is 331 g/mol. The Bertz CT molecular complexity index is 1010. The van der Waals surface area contributed by atoms with Crippen LogP contribution < -0.4 is 10.5 Å². The number of aromatic nitrogens is 3. The van der Waals surface area contributed by atoms with Gasteiger partial charge in [0.2, 0.25) is 0 Å². The van der Waals surface area contributed by atoms with Gasteiger partial charge in [-0.2, -0.15) is 0 Å². The molecule has 0 saturated carbocycles. The van der Waals surface area contributed by atoms with Crippen molar-refractivity contribution < 1.29 is 9.47 Å². The van der Waals surface area contributed by atoms with Crippen molar-refractivity contribution >= 4 is 6.02 Å². The maximum absolute atomic E-state index is 6.03. The van der Waals surface area contributed by atoms with Gasteiger partial charge in [-0.05, 0) is 23.8 Å². The minimum absolute atomic E-state index is 0.170. The fraction of sp³-hybridized carbons (Fsp3) is 0.111. The highest BCUT2D eigenvalue weighted by molar-refractivity contribution is 5.77. The number of aliphatic imine (C=N–C) groups is 1. The average molecular weight is 331 g/mol. The Morgan fingerprint density at radius 1 is 0.920 bits per heavy atom. The molecule has 1 spiro atoms. The third kappa shape index (κ3) is 1.99. The Labute approximate surface area is 143 Å². The second-order valence-corrected chi connectivity index (χ2v) is 5.91. The van der Waals surface area contributed by atoms with Crippen LogP contribution in [0.2, 0.25) is 0 Å². The molecule has 1 atom stereocenters. The summed E-state index contributed by atoms with van der Waals surface area (Å²) in [6.07, 6.45) is 8.44. The van der Waals surface area contributed by atoms with Gasteiger partial charge in [0, 0.05) is 35.3 Å². The van der Waals surface area contributed by atoms with Crippen molar-refractivity contribution in [1.82, 2.24) is 15.0 Å². The summed E-state index contributed by atoms with van der Waals surface area (Å²) < 4.78 is 11.6. The molecule has 25 heavy (non-hydrogen) atoms. The number of rotatable bonds is 1. The molecule has 0 bridgehead atoms. The van der Waals surface area contributed by atoms with Gasteiger partial charge >= 0.3 is 0 Å². The lowest BCUT2D eigenvalue weighted by molar-refractivity contribution is 0.264. The largest absolute Gasteiger partial charge is 0.462 e. The quantitative estimate of drug-likeness (QED) is 0.734. The number of nitrogens with two attached hydrogens (primary N) is 1. The van der Waals surface area contributed by atoms with Gasteiger partial charge in [-0.3, -0.25) is 4.98 Å². The van der Waals surface area contributed by atoms with Gasteiger partial charge < -0.3 is 15.2 Å². The Morgan fingerprint density at radius 3 is 2.60 bits per heavy atom. The Morgan fingerprint density at radius 2 is 1.80 bits per heavy atom. The number of benzene rings is 1. The number of ether oxygens (including phenoxy) is 2. The topological polar surface area (TPSA) is 95.5 Å². The first-order chi connectivity index (χ1) is 12.3. The van der Waals surface area contributed by atoms with E-state index in [-0.39, 0.29) is 6.02 Å². The molecule has 2 aliphatic rings. The van der Waals surface area contributed by atoms with E-state index in [9.17, 15) is 0 Å². The lowest BCUT2D eigenvalue weighted by Crippen LogP contribution is -2.31. The number of fused-ring (bicyclic) bond motifs is 4. The maximum atomic E-state index is 6.03. The third-order valence-corrected chi connectivity index (χ3v) is 4.50. The number of hydrogen-bond acceptors (Lipinski definition) is 7. The molecular weight excluding hydrogens is 318 g/mol. The van der Waals surface area contributed by atoms with Crippen molar-refractivity contribution in [1.29, 1.82) is 0 Å². The minimum Gasteiger partial charge on any atom is -0.462 e. The van der Waals surface area contributed by atoms with Crippen LogP contribution in [0.1, 0.15) is 11.1 Å². The SMILES string of the molecule is NC1=NC2(CO1)c1ccncc1Oc1ccc(-c3cncnc3)cc12. The second-order valence-electron chi connectivity index (χ2n) is 5.91. The molecule has 2 aliphatic heterocycles. The zero-order valence-electron chi connectivity index (χ0n) is 13.1. The van der Waals surface area contributed by atoms with Crippen molar-refractivity contribution in [2.24, 2.45) is 10.7 Å². The predicted molar refractivity (Wildman–Crippen MR) is 90.1 cm³/mol. The molecule has 2 N–H and O–H groups in total. The van der Waals surface area contributed by atoms with Crippen molar-refractivity contribution in [2.45, 2.75) is 5.54 Å². The van der Waals surface area contributed by atoms with E-state index in [4.69, 9.17) is 15.2 Å². The van der Waals surface area contributed by atoms with Gasteiger partial charge in [0.05, 0.1) is 6.20 Å². The fourth-order valence-corrected chi connectivity index (χ4v) is 3.34. The summed E-state index contributed by atoms with van der Waals surface area (Å²) in [7, 11) is 0. The van der Waals surface area contributed by atoms with Gasteiger partial charge in [-0.1, -0.05) is 6.07 Å². The Hall–Kier alpha value is -3.48. The van der Waals surface area contributed by atoms with E-state index in [1.165, 1.54) is 6.33 Å². The predicted octanol–water partition coefficient (Wildman–Crippen LogP) is 2.23. The average Bonchev–Trinajstić information content (AvgIpc) is 3.05. The van der Waals surface area contributed by atoms with Gasteiger partial charge in [0.25, 0.3) is 6.02 Å². The highest BCUT2D eigenvalue weighted by Crippen LogP contribution is 2.51. The molecule has 1 aromatic carbocycles. The molecule has 5 rings (SSSR count). The number of pyridine rings is 1. The van der Waals surface area contributed by atoms with Crippen LogP contribution in [0.15, 0.2) is 60.4 Å². The molecule has 122 valence electrons. The minimum atomic E-state index is -0.735. The van der Waals surface area contributed by atoms with Crippen molar-refractivity contribution in [3.8, 4) is 22.6 Å². The zero-order valence-corrected chi connectivity index (χ0v) is 13.1. The molecule has 2 aromatic heterocycles. The van der Waals surface area contributed by atoms with Crippen molar-refractivity contribution in [2.75, 3.05) is 6.61 Å². The van der Waals surface area contributed by atoms with Gasteiger partial charge in [-0.15, -0.1) is 0 Å². The molecule has 3 aromatic rings. The molecular formula is C18H13N5O2. The molecule has 7 heteroatoms. The number of amidine groups is 1. The van der Waals surface area contributed by atoms with Crippen LogP contribution in [-0.4, -0.2) is 27.6 Å². The smallest absolute Gasteiger partial charge is 0.283 e. The summed E-state index contributed by atoms with van der Waals surface area (Å²) >= 11 is 0. The molecule has 4 heterocycles. The molecule has 0 radical (unpaired) electrons. The van der Waals surface area contributed by atoms with E-state index >= 15 is 0 Å². The maximum Gasteiger partial charge on any atom is 0.283 e. The first kappa shape index (κ1) is 13.9. The van der Waals surface area contributed by atoms with Crippen molar-refractivity contribution in [3.05, 3.63) is 66.5 Å². The first-order valence-electron chi connectivity index (χ1n) is 7.77. The summed E-state index contributed by atoms with van der Waals surface area (Å²) in [6.45, 7) is 0.320.